The van der Waals surface area contributed by atoms with Crippen LogP contribution in [0.2, 0.25) is 0 Å². The van der Waals surface area contributed by atoms with Gasteiger partial charge in [0.1, 0.15) is 5.75 Å². The van der Waals surface area contributed by atoms with Crippen molar-refractivity contribution >= 4 is 27.3 Å². The van der Waals surface area contributed by atoms with E-state index in [-0.39, 0.29) is 22.7 Å². The molecular weight excluding hydrogens is 444 g/mol. The standard InChI is InChI=1S/C21H21F2N3O5S/c1-31-14-5-2-12(3-6-14)10-26-16-8-13(19(27)25-18-9-21(18,22)23)4-7-17(16)32(29,30)11-15(24)20(26)28/h2-8,15,18H,9-11,24H2,1H3,(H,25,27)/t15-,18+/m0/s1. The van der Waals surface area contributed by atoms with E-state index in [0.29, 0.717) is 11.3 Å². The molecular formula is C21H21F2N3O5S. The third-order valence-corrected chi connectivity index (χ3v) is 7.27. The van der Waals surface area contributed by atoms with Gasteiger partial charge in [0.15, 0.2) is 9.84 Å². The summed E-state index contributed by atoms with van der Waals surface area (Å²) in [6, 6.07) is 7.91. The van der Waals surface area contributed by atoms with Crippen LogP contribution in [0.5, 0.6) is 5.75 Å². The highest BCUT2D eigenvalue weighted by molar-refractivity contribution is 7.91. The van der Waals surface area contributed by atoms with Gasteiger partial charge in [-0.3, -0.25) is 9.59 Å². The smallest absolute Gasteiger partial charge is 0.270 e. The van der Waals surface area contributed by atoms with Crippen LogP contribution in [0.15, 0.2) is 47.4 Å². The van der Waals surface area contributed by atoms with Crippen molar-refractivity contribution in [2.45, 2.75) is 35.9 Å². The number of methoxy groups -OCH3 is 1. The number of benzene rings is 2. The molecule has 4 rings (SSSR count). The minimum Gasteiger partial charge on any atom is -0.497 e. The van der Waals surface area contributed by atoms with Crippen molar-refractivity contribution in [1.82, 2.24) is 5.32 Å². The molecule has 8 nitrogen and oxygen atoms in total. The van der Waals surface area contributed by atoms with Crippen molar-refractivity contribution in [1.29, 1.82) is 0 Å². The average molecular weight is 465 g/mol. The van der Waals surface area contributed by atoms with E-state index in [4.69, 9.17) is 10.5 Å². The molecule has 32 heavy (non-hydrogen) atoms. The van der Waals surface area contributed by atoms with E-state index >= 15 is 0 Å². The Bertz CT molecular complexity index is 1180. The van der Waals surface area contributed by atoms with E-state index in [1.807, 2.05) is 0 Å². The Kier molecular flexibility index (Phi) is 5.41. The summed E-state index contributed by atoms with van der Waals surface area (Å²) in [7, 11) is -2.42. The molecule has 0 unspecified atom stereocenters. The van der Waals surface area contributed by atoms with Gasteiger partial charge in [0.25, 0.3) is 11.8 Å². The lowest BCUT2D eigenvalue weighted by atomic mass is 10.1. The lowest BCUT2D eigenvalue weighted by Gasteiger charge is -2.24. The van der Waals surface area contributed by atoms with E-state index in [1.54, 1.807) is 24.3 Å². The lowest BCUT2D eigenvalue weighted by molar-refractivity contribution is -0.119. The summed E-state index contributed by atoms with van der Waals surface area (Å²) in [5.74, 6) is -4.34. The number of nitrogens with one attached hydrogen (secondary N) is 1. The first-order valence-electron chi connectivity index (χ1n) is 9.77. The molecule has 0 saturated heterocycles. The van der Waals surface area contributed by atoms with Crippen molar-refractivity contribution in [2.24, 2.45) is 5.73 Å². The highest BCUT2D eigenvalue weighted by atomic mass is 32.2. The van der Waals surface area contributed by atoms with Crippen LogP contribution in [-0.2, 0) is 21.2 Å². The highest BCUT2D eigenvalue weighted by Gasteiger charge is 2.57. The van der Waals surface area contributed by atoms with Crippen molar-refractivity contribution < 1.29 is 31.5 Å². The monoisotopic (exact) mass is 465 g/mol. The maximum Gasteiger partial charge on any atom is 0.270 e. The second-order valence-electron chi connectivity index (χ2n) is 7.83. The minimum absolute atomic E-state index is 0.00911. The number of carbonyl (C=O) groups is 2. The van der Waals surface area contributed by atoms with Crippen LogP contribution in [0.3, 0.4) is 0 Å². The average Bonchev–Trinajstić information content (AvgIpc) is 3.37. The van der Waals surface area contributed by atoms with Gasteiger partial charge < -0.3 is 20.7 Å². The molecule has 2 aromatic rings. The van der Waals surface area contributed by atoms with Gasteiger partial charge in [-0.15, -0.1) is 0 Å². The number of nitrogens with zero attached hydrogens (tertiary/aromatic N) is 1. The molecule has 1 saturated carbocycles. The number of halogens is 2. The van der Waals surface area contributed by atoms with E-state index in [0.717, 1.165) is 0 Å². The van der Waals surface area contributed by atoms with Crippen molar-refractivity contribution in [3.05, 3.63) is 53.6 Å². The molecule has 1 aliphatic carbocycles. The number of alkyl halides is 2. The van der Waals surface area contributed by atoms with Crippen LogP contribution in [0.25, 0.3) is 0 Å². The first-order chi connectivity index (χ1) is 15.0. The molecule has 1 heterocycles. The highest BCUT2D eigenvalue weighted by Crippen LogP contribution is 2.42. The second-order valence-corrected chi connectivity index (χ2v) is 9.84. The number of nitrogens with two attached hydrogens (primary N) is 1. The predicted molar refractivity (Wildman–Crippen MR) is 111 cm³/mol. The van der Waals surface area contributed by atoms with Gasteiger partial charge in [-0.1, -0.05) is 12.1 Å². The third kappa shape index (κ3) is 4.17. The molecule has 0 spiro atoms. The van der Waals surface area contributed by atoms with E-state index < -0.39 is 51.8 Å². The van der Waals surface area contributed by atoms with Crippen LogP contribution < -0.4 is 20.7 Å². The molecule has 2 aromatic carbocycles. The lowest BCUT2D eigenvalue weighted by Crippen LogP contribution is -2.45. The molecule has 2 amide bonds. The molecule has 0 radical (unpaired) electrons. The summed E-state index contributed by atoms with van der Waals surface area (Å²) in [4.78, 5) is 26.5. The zero-order chi connectivity index (χ0) is 23.3. The van der Waals surface area contributed by atoms with Gasteiger partial charge >= 0.3 is 0 Å². The summed E-state index contributed by atoms with van der Waals surface area (Å²) >= 11 is 0. The van der Waals surface area contributed by atoms with Gasteiger partial charge in [-0.2, -0.15) is 0 Å². The number of anilines is 1. The maximum atomic E-state index is 13.2. The molecule has 170 valence electrons. The number of ether oxygens (including phenoxy) is 1. The van der Waals surface area contributed by atoms with Gasteiger partial charge in [-0.05, 0) is 35.9 Å². The summed E-state index contributed by atoms with van der Waals surface area (Å²) in [6.45, 7) is -0.00911. The first-order valence-corrected chi connectivity index (χ1v) is 11.4. The Balaban J connectivity index is 1.73. The topological polar surface area (TPSA) is 119 Å². The Morgan fingerprint density at radius 3 is 2.50 bits per heavy atom. The van der Waals surface area contributed by atoms with Crippen LogP contribution in [0.4, 0.5) is 14.5 Å². The molecule has 1 fully saturated rings. The number of fused-ring (bicyclic) bond motifs is 1. The van der Waals surface area contributed by atoms with Gasteiger partial charge in [-0.25, -0.2) is 17.2 Å². The summed E-state index contributed by atoms with van der Waals surface area (Å²) in [6.07, 6.45) is -0.449. The zero-order valence-corrected chi connectivity index (χ0v) is 17.9. The number of rotatable bonds is 5. The number of hydrogen-bond acceptors (Lipinski definition) is 6. The molecule has 11 heteroatoms. The van der Waals surface area contributed by atoms with E-state index in [1.165, 1.54) is 30.2 Å². The van der Waals surface area contributed by atoms with Crippen molar-refractivity contribution in [3.63, 3.8) is 0 Å². The van der Waals surface area contributed by atoms with Gasteiger partial charge in [0.2, 0.25) is 5.91 Å². The Morgan fingerprint density at radius 1 is 1.25 bits per heavy atom. The van der Waals surface area contributed by atoms with Crippen molar-refractivity contribution in [3.8, 4) is 5.75 Å². The van der Waals surface area contributed by atoms with Crippen LogP contribution in [0.1, 0.15) is 22.3 Å². The SMILES string of the molecule is COc1ccc(CN2C(=O)[C@@H](N)CS(=O)(=O)c3ccc(C(=O)N[C@@H]4CC4(F)F)cc32)cc1. The van der Waals surface area contributed by atoms with E-state index in [9.17, 15) is 26.8 Å². The summed E-state index contributed by atoms with van der Waals surface area (Å²) < 4.78 is 57.1. The minimum atomic E-state index is -3.93. The Labute approximate surface area is 183 Å². The predicted octanol–water partition coefficient (Wildman–Crippen LogP) is 1.48. The fourth-order valence-electron chi connectivity index (χ4n) is 3.54. The maximum absolute atomic E-state index is 13.2. The quantitative estimate of drug-likeness (QED) is 0.691. The Morgan fingerprint density at radius 2 is 1.91 bits per heavy atom. The molecule has 3 N–H and O–H groups in total. The number of amides is 2. The van der Waals surface area contributed by atoms with Crippen LogP contribution in [-0.4, -0.2) is 51.1 Å². The van der Waals surface area contributed by atoms with E-state index in [2.05, 4.69) is 5.32 Å². The van der Waals surface area contributed by atoms with Gasteiger partial charge in [0.05, 0.1) is 42.1 Å². The number of carbonyl (C=O) groups excluding carboxylic acids is 2. The number of hydrogen-bond donors (Lipinski definition) is 2. The third-order valence-electron chi connectivity index (χ3n) is 5.46. The molecule has 1 aliphatic heterocycles. The molecule has 2 aliphatic rings. The van der Waals surface area contributed by atoms with Crippen molar-refractivity contribution in [2.75, 3.05) is 17.8 Å². The Hall–Kier alpha value is -3.05. The fraction of sp³-hybridized carbons (Fsp3) is 0.333. The second kappa shape index (κ2) is 7.82. The normalized spacial score (nSPS) is 23.1. The molecule has 0 bridgehead atoms. The number of sulfone groups is 1. The van der Waals surface area contributed by atoms with Gasteiger partial charge in [0, 0.05) is 12.0 Å². The van der Waals surface area contributed by atoms with Crippen LogP contribution in [0, 0.1) is 0 Å². The molecule has 0 aromatic heterocycles. The van der Waals surface area contributed by atoms with Crippen LogP contribution >= 0.6 is 0 Å². The fourth-order valence-corrected chi connectivity index (χ4v) is 5.09. The summed E-state index contributed by atoms with van der Waals surface area (Å²) in [5.41, 5.74) is 6.49. The summed E-state index contributed by atoms with van der Waals surface area (Å²) in [5, 5.41) is 2.22. The largest absolute Gasteiger partial charge is 0.497 e. The molecule has 2 atom stereocenters. The first kappa shape index (κ1) is 22.2. The zero-order valence-electron chi connectivity index (χ0n) is 17.0.